The molecular formula is C13H17N5O2S. The third-order valence-corrected chi connectivity index (χ3v) is 3.78. The van der Waals surface area contributed by atoms with Crippen molar-refractivity contribution in [2.24, 2.45) is 0 Å². The lowest BCUT2D eigenvalue weighted by Crippen LogP contribution is -2.25. The van der Waals surface area contributed by atoms with Gasteiger partial charge in [-0.1, -0.05) is 30.0 Å². The largest absolute Gasteiger partial charge is 0.496 e. The zero-order chi connectivity index (χ0) is 15.2. The highest BCUT2D eigenvalue weighted by Gasteiger charge is 2.10. The van der Waals surface area contributed by atoms with Crippen molar-refractivity contribution in [3.8, 4) is 5.75 Å². The van der Waals surface area contributed by atoms with Crippen LogP contribution in [0.5, 0.6) is 5.75 Å². The van der Waals surface area contributed by atoms with Gasteiger partial charge in [-0.2, -0.15) is 0 Å². The lowest BCUT2D eigenvalue weighted by atomic mass is 10.2. The Kier molecular flexibility index (Phi) is 5.04. The van der Waals surface area contributed by atoms with E-state index >= 15 is 0 Å². The van der Waals surface area contributed by atoms with Crippen LogP contribution in [0.25, 0.3) is 0 Å². The maximum Gasteiger partial charge on any atom is 0.230 e. The van der Waals surface area contributed by atoms with Gasteiger partial charge in [0.25, 0.3) is 0 Å². The molecule has 0 fully saturated rings. The second kappa shape index (κ2) is 6.98. The van der Waals surface area contributed by atoms with Gasteiger partial charge in [-0.25, -0.2) is 4.68 Å². The number of nitrogens with zero attached hydrogens (tertiary/aromatic N) is 3. The molecule has 1 aromatic carbocycles. The van der Waals surface area contributed by atoms with E-state index in [2.05, 4.69) is 15.5 Å². The highest BCUT2D eigenvalue weighted by Crippen LogP contribution is 2.17. The number of rotatable bonds is 6. The van der Waals surface area contributed by atoms with E-state index in [0.717, 1.165) is 11.3 Å². The third-order valence-electron chi connectivity index (χ3n) is 2.84. The second-order valence-corrected chi connectivity index (χ2v) is 5.22. The van der Waals surface area contributed by atoms with Gasteiger partial charge in [0, 0.05) is 12.1 Å². The number of amides is 1. The lowest BCUT2D eigenvalue weighted by Gasteiger charge is -2.09. The fraction of sp³-hybridized carbons (Fsp3) is 0.308. The fourth-order valence-corrected chi connectivity index (χ4v) is 2.40. The predicted octanol–water partition coefficient (Wildman–Crippen LogP) is 0.717. The summed E-state index contributed by atoms with van der Waals surface area (Å²) in [5, 5.41) is 11.1. The number of methoxy groups -OCH3 is 1. The zero-order valence-corrected chi connectivity index (χ0v) is 12.7. The maximum absolute atomic E-state index is 11.8. The molecule has 21 heavy (non-hydrogen) atoms. The van der Waals surface area contributed by atoms with Crippen LogP contribution < -0.4 is 15.9 Å². The molecule has 1 aromatic heterocycles. The normalized spacial score (nSPS) is 10.4. The topological polar surface area (TPSA) is 95.1 Å². The number of benzene rings is 1. The summed E-state index contributed by atoms with van der Waals surface area (Å²) in [5.74, 6) is 7.19. The number of carbonyl (C=O) groups is 1. The number of aryl methyl sites for hydroxylation is 1. The Balaban J connectivity index is 1.84. The molecule has 0 saturated carbocycles. The minimum atomic E-state index is -0.105. The first-order chi connectivity index (χ1) is 10.1. The van der Waals surface area contributed by atoms with Crippen molar-refractivity contribution in [1.82, 2.24) is 20.2 Å². The van der Waals surface area contributed by atoms with E-state index in [0.29, 0.717) is 17.5 Å². The average molecular weight is 307 g/mol. The Morgan fingerprint density at radius 1 is 1.43 bits per heavy atom. The standard InChI is InChI=1S/C13H17N5O2S/c1-9-16-17-13(18(9)14)21-8-12(19)15-7-10-5-3-4-6-11(10)20-2/h3-6H,7-8,14H2,1-2H3,(H,15,19). The number of nitrogen functional groups attached to an aromatic ring is 1. The number of ether oxygens (including phenoxy) is 1. The molecule has 0 aliphatic heterocycles. The number of nitrogens with one attached hydrogen (secondary N) is 1. The molecule has 0 aliphatic carbocycles. The average Bonchev–Trinajstić information content (AvgIpc) is 2.82. The number of hydrogen-bond acceptors (Lipinski definition) is 6. The molecule has 2 aromatic rings. The summed E-state index contributed by atoms with van der Waals surface area (Å²) in [6, 6.07) is 7.55. The van der Waals surface area contributed by atoms with Crippen molar-refractivity contribution in [1.29, 1.82) is 0 Å². The third kappa shape index (κ3) is 3.88. The fourth-order valence-electron chi connectivity index (χ4n) is 1.67. The van der Waals surface area contributed by atoms with Crippen molar-refractivity contribution in [3.63, 3.8) is 0 Å². The molecule has 1 heterocycles. The van der Waals surface area contributed by atoms with Crippen LogP contribution in [0, 0.1) is 6.92 Å². The van der Waals surface area contributed by atoms with Crippen LogP contribution >= 0.6 is 11.8 Å². The van der Waals surface area contributed by atoms with Crippen molar-refractivity contribution in [2.75, 3.05) is 18.7 Å². The number of aromatic nitrogens is 3. The molecule has 0 aliphatic rings. The zero-order valence-electron chi connectivity index (χ0n) is 11.9. The van der Waals surface area contributed by atoms with Gasteiger partial charge in [0.05, 0.1) is 12.9 Å². The molecule has 0 radical (unpaired) electrons. The molecule has 112 valence electrons. The molecule has 8 heteroatoms. The quantitative estimate of drug-likeness (QED) is 0.603. The maximum atomic E-state index is 11.8. The number of hydrogen-bond donors (Lipinski definition) is 2. The van der Waals surface area contributed by atoms with E-state index in [4.69, 9.17) is 10.6 Å². The molecule has 3 N–H and O–H groups in total. The van der Waals surface area contributed by atoms with Gasteiger partial charge in [0.2, 0.25) is 11.1 Å². The van der Waals surface area contributed by atoms with Crippen molar-refractivity contribution >= 4 is 17.7 Å². The van der Waals surface area contributed by atoms with Gasteiger partial charge < -0.3 is 15.9 Å². The molecule has 7 nitrogen and oxygen atoms in total. The minimum Gasteiger partial charge on any atom is -0.496 e. The molecule has 2 rings (SSSR count). The van der Waals surface area contributed by atoms with Crippen LogP contribution in [0.4, 0.5) is 0 Å². The number of thioether (sulfide) groups is 1. The molecule has 0 atom stereocenters. The van der Waals surface area contributed by atoms with Crippen LogP contribution in [0.1, 0.15) is 11.4 Å². The van der Waals surface area contributed by atoms with Gasteiger partial charge in [-0.05, 0) is 13.0 Å². The summed E-state index contributed by atoms with van der Waals surface area (Å²) < 4.78 is 6.59. The highest BCUT2D eigenvalue weighted by molar-refractivity contribution is 7.99. The van der Waals surface area contributed by atoms with Crippen LogP contribution in [-0.4, -0.2) is 33.6 Å². The van der Waals surface area contributed by atoms with Crippen molar-refractivity contribution in [3.05, 3.63) is 35.7 Å². The van der Waals surface area contributed by atoms with E-state index in [1.54, 1.807) is 14.0 Å². The summed E-state index contributed by atoms with van der Waals surface area (Å²) in [6.07, 6.45) is 0. The van der Waals surface area contributed by atoms with Gasteiger partial charge in [-0.15, -0.1) is 10.2 Å². The Labute approximate surface area is 126 Å². The summed E-state index contributed by atoms with van der Waals surface area (Å²) in [5.41, 5.74) is 0.927. The predicted molar refractivity (Wildman–Crippen MR) is 80.5 cm³/mol. The molecular weight excluding hydrogens is 290 g/mol. The Bertz CT molecular complexity index is 629. The summed E-state index contributed by atoms with van der Waals surface area (Å²) in [4.78, 5) is 11.8. The van der Waals surface area contributed by atoms with Gasteiger partial charge >= 0.3 is 0 Å². The second-order valence-electron chi connectivity index (χ2n) is 4.28. The molecule has 1 amide bonds. The Hall–Kier alpha value is -2.22. The van der Waals surface area contributed by atoms with Crippen LogP contribution in [-0.2, 0) is 11.3 Å². The summed E-state index contributed by atoms with van der Waals surface area (Å²) in [7, 11) is 1.60. The van der Waals surface area contributed by atoms with Gasteiger partial charge in [0.1, 0.15) is 11.6 Å². The van der Waals surface area contributed by atoms with Crippen LogP contribution in [0.15, 0.2) is 29.4 Å². The van der Waals surface area contributed by atoms with E-state index in [9.17, 15) is 4.79 Å². The van der Waals surface area contributed by atoms with Crippen LogP contribution in [0.3, 0.4) is 0 Å². The Morgan fingerprint density at radius 3 is 2.86 bits per heavy atom. The summed E-state index contributed by atoms with van der Waals surface area (Å²) in [6.45, 7) is 2.16. The van der Waals surface area contributed by atoms with Crippen molar-refractivity contribution < 1.29 is 9.53 Å². The number of nitrogens with two attached hydrogens (primary N) is 1. The first kappa shape index (κ1) is 15.2. The lowest BCUT2D eigenvalue weighted by molar-refractivity contribution is -0.118. The van der Waals surface area contributed by atoms with E-state index < -0.39 is 0 Å². The van der Waals surface area contributed by atoms with E-state index in [-0.39, 0.29) is 11.7 Å². The summed E-state index contributed by atoms with van der Waals surface area (Å²) >= 11 is 1.24. The smallest absolute Gasteiger partial charge is 0.230 e. The first-order valence-corrected chi connectivity index (χ1v) is 7.29. The van der Waals surface area contributed by atoms with Gasteiger partial charge in [0.15, 0.2) is 0 Å². The van der Waals surface area contributed by atoms with Crippen LogP contribution in [0.2, 0.25) is 0 Å². The van der Waals surface area contributed by atoms with Crippen molar-refractivity contribution in [2.45, 2.75) is 18.6 Å². The molecule has 0 spiro atoms. The minimum absolute atomic E-state index is 0.105. The Morgan fingerprint density at radius 2 is 2.19 bits per heavy atom. The SMILES string of the molecule is COc1ccccc1CNC(=O)CSc1nnc(C)n1N. The highest BCUT2D eigenvalue weighted by atomic mass is 32.2. The van der Waals surface area contributed by atoms with E-state index in [1.165, 1.54) is 16.4 Å². The monoisotopic (exact) mass is 307 g/mol. The first-order valence-electron chi connectivity index (χ1n) is 6.30. The number of carbonyl (C=O) groups excluding carboxylic acids is 1. The molecule has 0 unspecified atom stereocenters. The number of para-hydroxylation sites is 1. The van der Waals surface area contributed by atoms with E-state index in [1.807, 2.05) is 24.3 Å². The molecule has 0 bridgehead atoms. The van der Waals surface area contributed by atoms with Gasteiger partial charge in [-0.3, -0.25) is 4.79 Å². The molecule has 0 saturated heterocycles.